The summed E-state index contributed by atoms with van der Waals surface area (Å²) in [5.74, 6) is -0.830. The van der Waals surface area contributed by atoms with Gasteiger partial charge in [0.15, 0.2) is 0 Å². The number of rotatable bonds is 3. The molecule has 2 fully saturated rings. The molecule has 1 aromatic heterocycles. The molecular weight excluding hydrogens is 256 g/mol. The molecule has 2 aliphatic carbocycles. The van der Waals surface area contributed by atoms with Crippen molar-refractivity contribution in [3.63, 3.8) is 0 Å². The third-order valence-corrected chi connectivity index (χ3v) is 6.30. The summed E-state index contributed by atoms with van der Waals surface area (Å²) in [6.45, 7) is 0. The van der Waals surface area contributed by atoms with E-state index in [1.165, 1.54) is 12.1 Å². The molecule has 2 saturated carbocycles. The number of sulfone groups is 1. The fourth-order valence-electron chi connectivity index (χ4n) is 3.30. The van der Waals surface area contributed by atoms with Gasteiger partial charge in [0.2, 0.25) is 20.7 Å². The van der Waals surface area contributed by atoms with Gasteiger partial charge in [-0.1, -0.05) is 6.42 Å². The van der Waals surface area contributed by atoms with Crippen LogP contribution in [0.25, 0.3) is 0 Å². The third kappa shape index (κ3) is 1.67. The molecule has 3 atom stereocenters. The van der Waals surface area contributed by atoms with Gasteiger partial charge in [-0.2, -0.15) is 0 Å². The summed E-state index contributed by atoms with van der Waals surface area (Å²) in [6, 6.07) is 2.45. The summed E-state index contributed by atoms with van der Waals surface area (Å²) in [4.78, 5) is 10.7. The summed E-state index contributed by atoms with van der Waals surface area (Å²) >= 11 is 0. The van der Waals surface area contributed by atoms with Gasteiger partial charge in [-0.15, -0.1) is 0 Å². The minimum Gasteiger partial charge on any atom is -0.475 e. The molecule has 98 valence electrons. The average Bonchev–Trinajstić information content (AvgIpc) is 3.04. The Morgan fingerprint density at radius 2 is 2.06 bits per heavy atom. The Balaban J connectivity index is 1.92. The number of furan rings is 1. The smallest absolute Gasteiger partial charge is 0.371 e. The van der Waals surface area contributed by atoms with Gasteiger partial charge < -0.3 is 9.52 Å². The molecule has 0 radical (unpaired) electrons. The summed E-state index contributed by atoms with van der Waals surface area (Å²) in [7, 11) is -3.51. The predicted octanol–water partition coefficient (Wildman–Crippen LogP) is 1.94. The second-order valence-electron chi connectivity index (χ2n) is 5.18. The van der Waals surface area contributed by atoms with E-state index in [-0.39, 0.29) is 22.0 Å². The van der Waals surface area contributed by atoms with E-state index in [9.17, 15) is 13.2 Å². The quantitative estimate of drug-likeness (QED) is 0.907. The molecule has 5 nitrogen and oxygen atoms in total. The first kappa shape index (κ1) is 11.8. The highest BCUT2D eigenvalue weighted by molar-refractivity contribution is 7.92. The molecule has 0 amide bonds. The number of hydrogen-bond donors (Lipinski definition) is 1. The fraction of sp³-hybridized carbons (Fsp3) is 0.583. The second kappa shape index (κ2) is 3.85. The molecule has 0 spiro atoms. The Kier molecular flexibility index (Phi) is 2.52. The molecule has 1 aromatic rings. The van der Waals surface area contributed by atoms with Crippen LogP contribution >= 0.6 is 0 Å². The molecular formula is C12H14O5S. The van der Waals surface area contributed by atoms with Crippen molar-refractivity contribution in [2.45, 2.75) is 36.0 Å². The van der Waals surface area contributed by atoms with Gasteiger partial charge in [0.05, 0.1) is 5.25 Å². The first-order valence-electron chi connectivity index (χ1n) is 6.05. The number of hydrogen-bond acceptors (Lipinski definition) is 4. The van der Waals surface area contributed by atoms with E-state index in [2.05, 4.69) is 0 Å². The van der Waals surface area contributed by atoms with E-state index in [0.717, 1.165) is 19.3 Å². The highest BCUT2D eigenvalue weighted by Gasteiger charge is 2.47. The molecule has 6 heteroatoms. The zero-order chi connectivity index (χ0) is 12.9. The van der Waals surface area contributed by atoms with E-state index in [1.807, 2.05) is 0 Å². The lowest BCUT2D eigenvalue weighted by Crippen LogP contribution is -2.27. The summed E-state index contributed by atoms with van der Waals surface area (Å²) in [5, 5.41) is 8.16. The van der Waals surface area contributed by atoms with Gasteiger partial charge in [0.25, 0.3) is 0 Å². The third-order valence-electron chi connectivity index (χ3n) is 4.14. The monoisotopic (exact) mass is 270 g/mol. The molecule has 18 heavy (non-hydrogen) atoms. The lowest BCUT2D eigenvalue weighted by atomic mass is 10.0. The Labute approximate surface area is 105 Å². The van der Waals surface area contributed by atoms with Gasteiger partial charge in [-0.25, -0.2) is 13.2 Å². The molecule has 3 unspecified atom stereocenters. The molecule has 1 N–H and O–H groups in total. The van der Waals surface area contributed by atoms with Crippen molar-refractivity contribution in [1.82, 2.24) is 0 Å². The minimum absolute atomic E-state index is 0.197. The van der Waals surface area contributed by atoms with Crippen LogP contribution in [0, 0.1) is 11.8 Å². The molecule has 0 saturated heterocycles. The maximum Gasteiger partial charge on any atom is 0.371 e. The van der Waals surface area contributed by atoms with Crippen molar-refractivity contribution in [3.8, 4) is 0 Å². The number of carboxylic acids is 1. The van der Waals surface area contributed by atoms with Crippen molar-refractivity contribution >= 4 is 15.8 Å². The van der Waals surface area contributed by atoms with Crippen LogP contribution in [0.5, 0.6) is 0 Å². The van der Waals surface area contributed by atoms with Crippen LogP contribution < -0.4 is 0 Å². The number of aromatic carboxylic acids is 1. The number of carboxylic acid groups (broad SMARTS) is 1. The largest absolute Gasteiger partial charge is 0.475 e. The van der Waals surface area contributed by atoms with Crippen molar-refractivity contribution in [2.75, 3.05) is 0 Å². The maximum atomic E-state index is 12.4. The van der Waals surface area contributed by atoms with E-state index in [1.54, 1.807) is 0 Å². The van der Waals surface area contributed by atoms with Gasteiger partial charge in [0.1, 0.15) is 0 Å². The minimum atomic E-state index is -3.51. The topological polar surface area (TPSA) is 84.6 Å². The molecule has 0 aliphatic heterocycles. The Morgan fingerprint density at radius 3 is 2.56 bits per heavy atom. The Hall–Kier alpha value is -1.30. The van der Waals surface area contributed by atoms with E-state index in [4.69, 9.17) is 9.52 Å². The molecule has 0 aromatic carbocycles. The SMILES string of the molecule is O=C(O)c1ccc(S(=O)(=O)C2CC3CCC2C3)o1. The first-order valence-corrected chi connectivity index (χ1v) is 7.60. The molecule has 1 heterocycles. The van der Waals surface area contributed by atoms with E-state index >= 15 is 0 Å². The van der Waals surface area contributed by atoms with Crippen molar-refractivity contribution in [1.29, 1.82) is 0 Å². The van der Waals surface area contributed by atoms with Crippen molar-refractivity contribution in [2.24, 2.45) is 11.8 Å². The Bertz CT molecular complexity index is 585. The lowest BCUT2D eigenvalue weighted by Gasteiger charge is -2.20. The molecule has 2 bridgehead atoms. The van der Waals surface area contributed by atoms with E-state index in [0.29, 0.717) is 12.3 Å². The zero-order valence-corrected chi connectivity index (χ0v) is 10.5. The number of carbonyl (C=O) groups is 1. The number of fused-ring (bicyclic) bond motifs is 2. The van der Waals surface area contributed by atoms with E-state index < -0.39 is 15.8 Å². The highest BCUT2D eigenvalue weighted by Crippen LogP contribution is 2.48. The van der Waals surface area contributed by atoms with Crippen LogP contribution in [0.2, 0.25) is 0 Å². The highest BCUT2D eigenvalue weighted by atomic mass is 32.2. The van der Waals surface area contributed by atoms with Crippen molar-refractivity contribution in [3.05, 3.63) is 17.9 Å². The maximum absolute atomic E-state index is 12.4. The molecule has 2 aliphatic rings. The summed E-state index contributed by atoms with van der Waals surface area (Å²) in [5.41, 5.74) is 0. The molecule has 3 rings (SSSR count). The first-order chi connectivity index (χ1) is 8.48. The van der Waals surface area contributed by atoms with Gasteiger partial charge in [0, 0.05) is 0 Å². The lowest BCUT2D eigenvalue weighted by molar-refractivity contribution is 0.0656. The fourth-order valence-corrected chi connectivity index (χ4v) is 5.35. The zero-order valence-electron chi connectivity index (χ0n) is 9.70. The van der Waals surface area contributed by atoms with Crippen LogP contribution in [0.1, 0.15) is 36.2 Å². The Morgan fingerprint density at radius 1 is 1.28 bits per heavy atom. The second-order valence-corrected chi connectivity index (χ2v) is 7.28. The van der Waals surface area contributed by atoms with Gasteiger partial charge in [-0.3, -0.25) is 0 Å². The predicted molar refractivity (Wildman–Crippen MR) is 62.1 cm³/mol. The summed E-state index contributed by atoms with van der Waals surface area (Å²) < 4.78 is 29.7. The standard InChI is InChI=1S/C12H14O5S/c13-12(14)9-3-4-11(17-9)18(15,16)10-6-7-1-2-8(10)5-7/h3-4,7-8,10H,1-2,5-6H2,(H,13,14). The normalized spacial score (nSPS) is 30.8. The van der Waals surface area contributed by atoms with Gasteiger partial charge >= 0.3 is 5.97 Å². The average molecular weight is 270 g/mol. The summed E-state index contributed by atoms with van der Waals surface area (Å²) in [6.07, 6.45) is 3.75. The van der Waals surface area contributed by atoms with Crippen LogP contribution in [-0.4, -0.2) is 24.7 Å². The van der Waals surface area contributed by atoms with Gasteiger partial charge in [-0.05, 0) is 43.2 Å². The van der Waals surface area contributed by atoms with Crippen LogP contribution in [-0.2, 0) is 9.84 Å². The van der Waals surface area contributed by atoms with Crippen LogP contribution in [0.4, 0.5) is 0 Å². The van der Waals surface area contributed by atoms with Crippen molar-refractivity contribution < 1.29 is 22.7 Å². The van der Waals surface area contributed by atoms with Crippen LogP contribution in [0.3, 0.4) is 0 Å². The van der Waals surface area contributed by atoms with Crippen LogP contribution in [0.15, 0.2) is 21.6 Å².